The van der Waals surface area contributed by atoms with Crippen molar-refractivity contribution in [1.82, 2.24) is 19.6 Å². The molecular weight excluding hydrogens is 304 g/mol. The minimum absolute atomic E-state index is 0.0139. The fourth-order valence-corrected chi connectivity index (χ4v) is 2.99. The number of hydrogen-bond acceptors (Lipinski definition) is 3. The van der Waals surface area contributed by atoms with Crippen molar-refractivity contribution in [2.24, 2.45) is 7.05 Å². The van der Waals surface area contributed by atoms with Gasteiger partial charge in [0.15, 0.2) is 0 Å². The van der Waals surface area contributed by atoms with Gasteiger partial charge in [-0.25, -0.2) is 0 Å². The van der Waals surface area contributed by atoms with Gasteiger partial charge < -0.3 is 9.80 Å². The first kappa shape index (κ1) is 16.2. The summed E-state index contributed by atoms with van der Waals surface area (Å²) in [5, 5.41) is 4.20. The molecule has 24 heavy (non-hydrogen) atoms. The summed E-state index contributed by atoms with van der Waals surface area (Å²) in [4.78, 5) is 28.5. The molecular formula is C18H22N4O2. The van der Waals surface area contributed by atoms with Gasteiger partial charge in [-0.3, -0.25) is 14.3 Å². The molecule has 2 amide bonds. The Bertz CT molecular complexity index is 754. The van der Waals surface area contributed by atoms with Crippen LogP contribution in [-0.2, 0) is 29.7 Å². The second-order valence-electron chi connectivity index (χ2n) is 6.26. The zero-order chi connectivity index (χ0) is 17.3. The van der Waals surface area contributed by atoms with E-state index in [4.69, 9.17) is 0 Å². The largest absolute Gasteiger partial charge is 0.327 e. The van der Waals surface area contributed by atoms with Crippen LogP contribution in [0.2, 0.25) is 0 Å². The van der Waals surface area contributed by atoms with E-state index in [1.807, 2.05) is 44.3 Å². The Balaban J connectivity index is 1.73. The van der Waals surface area contributed by atoms with Crippen LogP contribution in [-0.4, -0.2) is 44.0 Å². The Hall–Kier alpha value is -2.63. The van der Waals surface area contributed by atoms with E-state index in [0.29, 0.717) is 13.1 Å². The third kappa shape index (κ3) is 3.04. The molecule has 2 aromatic rings. The van der Waals surface area contributed by atoms with Gasteiger partial charge in [0.25, 0.3) is 0 Å². The Kier molecular flexibility index (Phi) is 4.38. The molecule has 1 aliphatic heterocycles. The molecule has 1 saturated heterocycles. The van der Waals surface area contributed by atoms with Crippen molar-refractivity contribution in [1.29, 1.82) is 0 Å². The summed E-state index contributed by atoms with van der Waals surface area (Å²) in [6.45, 7) is 4.77. The molecule has 1 fully saturated rings. The van der Waals surface area contributed by atoms with Crippen molar-refractivity contribution in [3.63, 3.8) is 0 Å². The molecule has 6 nitrogen and oxygen atoms in total. The van der Waals surface area contributed by atoms with E-state index in [-0.39, 0.29) is 18.4 Å². The van der Waals surface area contributed by atoms with Crippen LogP contribution in [0.3, 0.4) is 0 Å². The lowest BCUT2D eigenvalue weighted by Gasteiger charge is -2.38. The van der Waals surface area contributed by atoms with Crippen molar-refractivity contribution in [2.75, 3.05) is 6.54 Å². The number of carbonyl (C=O) groups is 2. The molecule has 1 atom stereocenters. The minimum atomic E-state index is -0.463. The molecule has 3 rings (SSSR count). The van der Waals surface area contributed by atoms with Gasteiger partial charge in [-0.2, -0.15) is 5.10 Å². The van der Waals surface area contributed by atoms with E-state index in [0.717, 1.165) is 16.8 Å². The van der Waals surface area contributed by atoms with Crippen LogP contribution in [0.25, 0.3) is 0 Å². The van der Waals surface area contributed by atoms with Gasteiger partial charge >= 0.3 is 0 Å². The first-order chi connectivity index (χ1) is 11.5. The van der Waals surface area contributed by atoms with E-state index in [1.165, 1.54) is 0 Å². The molecule has 126 valence electrons. The normalized spacial score (nSPS) is 18.4. The number of aromatic nitrogens is 2. The average molecular weight is 326 g/mol. The minimum Gasteiger partial charge on any atom is -0.327 e. The van der Waals surface area contributed by atoms with E-state index < -0.39 is 6.04 Å². The highest BCUT2D eigenvalue weighted by atomic mass is 16.2. The number of hydrogen-bond donors (Lipinski definition) is 0. The van der Waals surface area contributed by atoms with Gasteiger partial charge in [-0.15, -0.1) is 0 Å². The van der Waals surface area contributed by atoms with E-state index in [9.17, 15) is 9.59 Å². The van der Waals surface area contributed by atoms with Gasteiger partial charge in [0.05, 0.1) is 6.20 Å². The SMILES string of the molecule is Cc1c(CN2C(=O)CN(Cc3ccccc3)C(=O)[C@@H]2C)cnn1C. The molecule has 0 unspecified atom stereocenters. The van der Waals surface area contributed by atoms with Gasteiger partial charge in [0, 0.05) is 31.4 Å². The lowest BCUT2D eigenvalue weighted by Crippen LogP contribution is -2.58. The first-order valence-electron chi connectivity index (χ1n) is 8.07. The number of rotatable bonds is 4. The molecule has 0 radical (unpaired) electrons. The van der Waals surface area contributed by atoms with E-state index >= 15 is 0 Å². The average Bonchev–Trinajstić information content (AvgIpc) is 2.89. The van der Waals surface area contributed by atoms with Crippen molar-refractivity contribution in [3.05, 3.63) is 53.3 Å². The van der Waals surface area contributed by atoms with Gasteiger partial charge in [-0.05, 0) is 19.4 Å². The van der Waals surface area contributed by atoms with Crippen LogP contribution < -0.4 is 0 Å². The van der Waals surface area contributed by atoms with E-state index in [2.05, 4.69) is 5.10 Å². The summed E-state index contributed by atoms with van der Waals surface area (Å²) in [5.41, 5.74) is 3.01. The second-order valence-corrected chi connectivity index (χ2v) is 6.26. The van der Waals surface area contributed by atoms with Crippen LogP contribution >= 0.6 is 0 Å². The predicted octanol–water partition coefficient (Wildman–Crippen LogP) is 1.49. The maximum Gasteiger partial charge on any atom is 0.245 e. The van der Waals surface area contributed by atoms with Crippen molar-refractivity contribution in [2.45, 2.75) is 33.0 Å². The third-order valence-corrected chi connectivity index (χ3v) is 4.68. The molecule has 1 aliphatic rings. The molecule has 0 saturated carbocycles. The highest BCUT2D eigenvalue weighted by Crippen LogP contribution is 2.19. The second kappa shape index (κ2) is 6.47. The monoisotopic (exact) mass is 326 g/mol. The molecule has 1 aromatic heterocycles. The highest BCUT2D eigenvalue weighted by molar-refractivity contribution is 5.94. The zero-order valence-electron chi connectivity index (χ0n) is 14.3. The Labute approximate surface area is 141 Å². The molecule has 0 aliphatic carbocycles. The molecule has 6 heteroatoms. The Morgan fingerprint density at radius 2 is 1.88 bits per heavy atom. The molecule has 0 bridgehead atoms. The zero-order valence-corrected chi connectivity index (χ0v) is 14.3. The Morgan fingerprint density at radius 3 is 2.50 bits per heavy atom. The van der Waals surface area contributed by atoms with Crippen molar-refractivity contribution >= 4 is 11.8 Å². The number of carbonyl (C=O) groups excluding carboxylic acids is 2. The number of nitrogens with zero attached hydrogens (tertiary/aromatic N) is 4. The van der Waals surface area contributed by atoms with Crippen LogP contribution in [0.1, 0.15) is 23.7 Å². The lowest BCUT2D eigenvalue weighted by molar-refractivity contribution is -0.156. The van der Waals surface area contributed by atoms with Gasteiger partial charge in [0.2, 0.25) is 11.8 Å². The summed E-state index contributed by atoms with van der Waals surface area (Å²) in [6, 6.07) is 9.28. The predicted molar refractivity (Wildman–Crippen MR) is 89.8 cm³/mol. The lowest BCUT2D eigenvalue weighted by atomic mass is 10.1. The van der Waals surface area contributed by atoms with Crippen molar-refractivity contribution < 1.29 is 9.59 Å². The molecule has 1 aromatic carbocycles. The summed E-state index contributed by atoms with van der Waals surface area (Å²) < 4.78 is 1.78. The Morgan fingerprint density at radius 1 is 1.17 bits per heavy atom. The van der Waals surface area contributed by atoms with Crippen molar-refractivity contribution in [3.8, 4) is 0 Å². The highest BCUT2D eigenvalue weighted by Gasteiger charge is 2.36. The number of amides is 2. The van der Waals surface area contributed by atoms with Crippen LogP contribution in [0, 0.1) is 6.92 Å². The smallest absolute Gasteiger partial charge is 0.245 e. The summed E-state index contributed by atoms with van der Waals surface area (Å²) in [5.74, 6) is -0.0405. The van der Waals surface area contributed by atoms with Gasteiger partial charge in [-0.1, -0.05) is 30.3 Å². The van der Waals surface area contributed by atoms with Crippen LogP contribution in [0.4, 0.5) is 0 Å². The number of aryl methyl sites for hydroxylation is 1. The summed E-state index contributed by atoms with van der Waals surface area (Å²) >= 11 is 0. The fourth-order valence-electron chi connectivity index (χ4n) is 2.99. The summed E-state index contributed by atoms with van der Waals surface area (Å²) in [7, 11) is 1.87. The number of piperazine rings is 1. The fraction of sp³-hybridized carbons (Fsp3) is 0.389. The topological polar surface area (TPSA) is 58.4 Å². The summed E-state index contributed by atoms with van der Waals surface area (Å²) in [6.07, 6.45) is 1.76. The third-order valence-electron chi connectivity index (χ3n) is 4.68. The standard InChI is InChI=1S/C18H22N4O2/c1-13-16(9-19-20(13)3)11-22-14(2)18(24)21(12-17(22)23)10-15-7-5-4-6-8-15/h4-9,14H,10-12H2,1-3H3/t14-/m0/s1. The quantitative estimate of drug-likeness (QED) is 0.855. The van der Waals surface area contributed by atoms with Gasteiger partial charge in [0.1, 0.15) is 12.6 Å². The van der Waals surface area contributed by atoms with Crippen LogP contribution in [0.15, 0.2) is 36.5 Å². The van der Waals surface area contributed by atoms with E-state index in [1.54, 1.807) is 27.6 Å². The first-order valence-corrected chi connectivity index (χ1v) is 8.07. The van der Waals surface area contributed by atoms with Crippen LogP contribution in [0.5, 0.6) is 0 Å². The maximum absolute atomic E-state index is 12.7. The number of benzene rings is 1. The maximum atomic E-state index is 12.7. The molecule has 0 N–H and O–H groups in total. The molecule has 0 spiro atoms. The molecule has 2 heterocycles.